The molecule has 0 N–H and O–H groups in total. The number of amides is 1. The SMILES string of the molecule is Cc1nccc(N2CCC[C@]3(CCC(=O)N(CCC(C)C)C3)C2)n1. The highest BCUT2D eigenvalue weighted by Gasteiger charge is 2.41. The fourth-order valence-corrected chi connectivity index (χ4v) is 4.08. The molecule has 0 bridgehead atoms. The largest absolute Gasteiger partial charge is 0.356 e. The van der Waals surface area contributed by atoms with E-state index in [4.69, 9.17) is 0 Å². The number of rotatable bonds is 4. The monoisotopic (exact) mass is 330 g/mol. The van der Waals surface area contributed by atoms with Crippen LogP contribution in [0.1, 0.15) is 51.8 Å². The minimum absolute atomic E-state index is 0.238. The van der Waals surface area contributed by atoms with Crippen molar-refractivity contribution < 1.29 is 4.79 Å². The van der Waals surface area contributed by atoms with Crippen LogP contribution in [0.2, 0.25) is 0 Å². The van der Waals surface area contributed by atoms with Crippen LogP contribution in [0.3, 0.4) is 0 Å². The van der Waals surface area contributed by atoms with Crippen LogP contribution in [0.5, 0.6) is 0 Å². The van der Waals surface area contributed by atoms with Crippen LogP contribution in [0.4, 0.5) is 5.82 Å². The summed E-state index contributed by atoms with van der Waals surface area (Å²) in [5, 5.41) is 0. The van der Waals surface area contributed by atoms with E-state index < -0.39 is 0 Å². The summed E-state index contributed by atoms with van der Waals surface area (Å²) >= 11 is 0. The van der Waals surface area contributed by atoms with E-state index in [1.54, 1.807) is 0 Å². The van der Waals surface area contributed by atoms with E-state index in [2.05, 4.69) is 33.6 Å². The number of piperidine rings is 2. The quantitative estimate of drug-likeness (QED) is 0.851. The molecule has 5 heteroatoms. The van der Waals surface area contributed by atoms with Gasteiger partial charge in [-0.1, -0.05) is 13.8 Å². The van der Waals surface area contributed by atoms with E-state index >= 15 is 0 Å². The molecule has 24 heavy (non-hydrogen) atoms. The smallest absolute Gasteiger partial charge is 0.222 e. The number of likely N-dealkylation sites (tertiary alicyclic amines) is 1. The summed E-state index contributed by atoms with van der Waals surface area (Å²) in [6.45, 7) is 10.3. The first-order valence-electron chi connectivity index (χ1n) is 9.30. The van der Waals surface area contributed by atoms with Gasteiger partial charge in [0.05, 0.1) is 0 Å². The van der Waals surface area contributed by atoms with E-state index in [9.17, 15) is 4.79 Å². The van der Waals surface area contributed by atoms with Gasteiger partial charge in [-0.25, -0.2) is 9.97 Å². The third-order valence-corrected chi connectivity index (χ3v) is 5.47. The number of nitrogens with zero attached hydrogens (tertiary/aromatic N) is 4. The maximum Gasteiger partial charge on any atom is 0.222 e. The predicted octanol–water partition coefficient (Wildman–Crippen LogP) is 3.04. The number of carbonyl (C=O) groups excluding carboxylic acids is 1. The van der Waals surface area contributed by atoms with E-state index in [0.717, 1.165) is 50.7 Å². The average molecular weight is 330 g/mol. The maximum absolute atomic E-state index is 12.3. The van der Waals surface area contributed by atoms with Crippen molar-refractivity contribution in [1.82, 2.24) is 14.9 Å². The maximum atomic E-state index is 12.3. The Hall–Kier alpha value is -1.65. The summed E-state index contributed by atoms with van der Waals surface area (Å²) in [6, 6.07) is 2.01. The van der Waals surface area contributed by atoms with E-state index in [1.165, 1.54) is 12.8 Å². The first-order valence-corrected chi connectivity index (χ1v) is 9.30. The number of anilines is 1. The van der Waals surface area contributed by atoms with Crippen LogP contribution in [-0.2, 0) is 4.79 Å². The molecule has 1 spiro atoms. The zero-order valence-corrected chi connectivity index (χ0v) is 15.3. The van der Waals surface area contributed by atoms with Gasteiger partial charge < -0.3 is 9.80 Å². The topological polar surface area (TPSA) is 49.3 Å². The Morgan fingerprint density at radius 3 is 2.88 bits per heavy atom. The Kier molecular flexibility index (Phi) is 5.07. The highest BCUT2D eigenvalue weighted by atomic mass is 16.2. The fraction of sp³-hybridized carbons (Fsp3) is 0.737. The molecule has 1 aromatic rings. The molecule has 2 fully saturated rings. The van der Waals surface area contributed by atoms with E-state index in [1.807, 2.05) is 19.2 Å². The van der Waals surface area contributed by atoms with Crippen LogP contribution in [-0.4, -0.2) is 47.0 Å². The molecule has 1 amide bonds. The Balaban J connectivity index is 1.71. The number of carbonyl (C=O) groups is 1. The van der Waals surface area contributed by atoms with Crippen molar-refractivity contribution in [2.45, 2.75) is 52.9 Å². The predicted molar refractivity (Wildman–Crippen MR) is 95.9 cm³/mol. The molecule has 2 aliphatic heterocycles. The molecule has 1 atom stereocenters. The van der Waals surface area contributed by atoms with Gasteiger partial charge in [-0.05, 0) is 44.6 Å². The van der Waals surface area contributed by atoms with Gasteiger partial charge >= 0.3 is 0 Å². The van der Waals surface area contributed by atoms with Crippen molar-refractivity contribution in [3.05, 3.63) is 18.1 Å². The summed E-state index contributed by atoms with van der Waals surface area (Å²) < 4.78 is 0. The molecule has 5 nitrogen and oxygen atoms in total. The molecule has 2 aliphatic rings. The van der Waals surface area contributed by atoms with Crippen LogP contribution < -0.4 is 4.90 Å². The molecule has 0 radical (unpaired) electrons. The van der Waals surface area contributed by atoms with Gasteiger partial charge in [0.1, 0.15) is 11.6 Å². The Labute approximate surface area is 145 Å². The lowest BCUT2D eigenvalue weighted by molar-refractivity contribution is -0.138. The second-order valence-corrected chi connectivity index (χ2v) is 7.98. The molecular formula is C19H30N4O. The molecule has 3 rings (SSSR count). The van der Waals surface area contributed by atoms with Crippen LogP contribution in [0.15, 0.2) is 12.3 Å². The van der Waals surface area contributed by atoms with Gasteiger partial charge in [-0.15, -0.1) is 0 Å². The second kappa shape index (κ2) is 7.08. The Morgan fingerprint density at radius 1 is 1.29 bits per heavy atom. The summed E-state index contributed by atoms with van der Waals surface area (Å²) in [5.74, 6) is 2.84. The first-order chi connectivity index (χ1) is 11.5. The zero-order chi connectivity index (χ0) is 17.2. The molecule has 0 saturated carbocycles. The van der Waals surface area contributed by atoms with Crippen molar-refractivity contribution >= 4 is 11.7 Å². The number of hydrogen-bond acceptors (Lipinski definition) is 4. The standard InChI is InChI=1S/C19H30N4O/c1-15(2)7-12-23-14-19(9-5-18(23)24)8-4-11-22(13-19)17-6-10-20-16(3)21-17/h6,10,15H,4-5,7-9,11-14H2,1-3H3/t19-/m0/s1. The van der Waals surface area contributed by atoms with Crippen molar-refractivity contribution in [3.8, 4) is 0 Å². The third kappa shape index (κ3) is 3.87. The van der Waals surface area contributed by atoms with Crippen molar-refractivity contribution in [2.24, 2.45) is 11.3 Å². The Morgan fingerprint density at radius 2 is 2.12 bits per heavy atom. The average Bonchev–Trinajstić information content (AvgIpc) is 2.56. The summed E-state index contributed by atoms with van der Waals surface area (Å²) in [7, 11) is 0. The molecule has 132 valence electrons. The first kappa shape index (κ1) is 17.2. The molecule has 2 saturated heterocycles. The minimum atomic E-state index is 0.238. The molecule has 0 aromatic carbocycles. The van der Waals surface area contributed by atoms with E-state index in [-0.39, 0.29) is 5.41 Å². The van der Waals surface area contributed by atoms with Crippen LogP contribution in [0, 0.1) is 18.3 Å². The van der Waals surface area contributed by atoms with Crippen molar-refractivity contribution in [3.63, 3.8) is 0 Å². The normalized spacial score (nSPS) is 24.9. The molecule has 0 unspecified atom stereocenters. The lowest BCUT2D eigenvalue weighted by atomic mass is 9.73. The lowest BCUT2D eigenvalue weighted by Crippen LogP contribution is -2.54. The number of aryl methyl sites for hydroxylation is 1. The van der Waals surface area contributed by atoms with Gasteiger partial charge in [-0.2, -0.15) is 0 Å². The molecular weight excluding hydrogens is 300 g/mol. The zero-order valence-electron chi connectivity index (χ0n) is 15.3. The van der Waals surface area contributed by atoms with Gasteiger partial charge in [0.2, 0.25) is 5.91 Å². The molecule has 0 aliphatic carbocycles. The second-order valence-electron chi connectivity index (χ2n) is 7.98. The minimum Gasteiger partial charge on any atom is -0.356 e. The van der Waals surface area contributed by atoms with E-state index in [0.29, 0.717) is 18.2 Å². The Bertz CT molecular complexity index is 588. The summed E-state index contributed by atoms with van der Waals surface area (Å²) in [4.78, 5) is 25.7. The highest BCUT2D eigenvalue weighted by Crippen LogP contribution is 2.40. The highest BCUT2D eigenvalue weighted by molar-refractivity contribution is 5.77. The third-order valence-electron chi connectivity index (χ3n) is 5.47. The van der Waals surface area contributed by atoms with Crippen molar-refractivity contribution in [2.75, 3.05) is 31.1 Å². The number of hydrogen-bond donors (Lipinski definition) is 0. The van der Waals surface area contributed by atoms with Gasteiger partial charge in [0.25, 0.3) is 0 Å². The van der Waals surface area contributed by atoms with Gasteiger partial charge in [0, 0.05) is 44.2 Å². The van der Waals surface area contributed by atoms with Crippen molar-refractivity contribution in [1.29, 1.82) is 0 Å². The fourth-order valence-electron chi connectivity index (χ4n) is 4.08. The lowest BCUT2D eigenvalue weighted by Gasteiger charge is -2.48. The summed E-state index contributed by atoms with van der Waals surface area (Å²) in [6.07, 6.45) is 7.06. The van der Waals surface area contributed by atoms with Crippen LogP contribution in [0.25, 0.3) is 0 Å². The number of aromatic nitrogens is 2. The van der Waals surface area contributed by atoms with Gasteiger partial charge in [-0.3, -0.25) is 4.79 Å². The summed E-state index contributed by atoms with van der Waals surface area (Å²) in [5.41, 5.74) is 0.238. The van der Waals surface area contributed by atoms with Crippen LogP contribution >= 0.6 is 0 Å². The molecule has 3 heterocycles. The van der Waals surface area contributed by atoms with Gasteiger partial charge in [0.15, 0.2) is 0 Å². The molecule has 1 aromatic heterocycles.